The number of sulfonamides is 1. The Morgan fingerprint density at radius 3 is 2.52 bits per heavy atom. The fourth-order valence-corrected chi connectivity index (χ4v) is 7.36. The summed E-state index contributed by atoms with van der Waals surface area (Å²) in [4.78, 5) is 11.1. The summed E-state index contributed by atoms with van der Waals surface area (Å²) in [6, 6.07) is 1.09. The molecule has 1 aromatic heterocycles. The number of hydrogen-bond donors (Lipinski definition) is 2. The van der Waals surface area contributed by atoms with Crippen molar-refractivity contribution >= 4 is 37.2 Å². The van der Waals surface area contributed by atoms with Crippen LogP contribution in [0.3, 0.4) is 0 Å². The molecular formula is C11H15NO6S3. The molecule has 0 saturated carbocycles. The van der Waals surface area contributed by atoms with Crippen molar-refractivity contribution in [2.45, 2.75) is 30.7 Å². The minimum atomic E-state index is -3.96. The van der Waals surface area contributed by atoms with Crippen molar-refractivity contribution in [2.24, 2.45) is 0 Å². The molecule has 1 aliphatic rings. The van der Waals surface area contributed by atoms with Crippen molar-refractivity contribution in [3.63, 3.8) is 0 Å². The van der Waals surface area contributed by atoms with Crippen LogP contribution in [-0.2, 0) is 19.9 Å². The van der Waals surface area contributed by atoms with Crippen LogP contribution >= 0.6 is 11.3 Å². The van der Waals surface area contributed by atoms with Crippen molar-refractivity contribution in [1.29, 1.82) is 0 Å². The second-order valence-electron chi connectivity index (χ2n) is 5.34. The summed E-state index contributed by atoms with van der Waals surface area (Å²) < 4.78 is 50.2. The highest BCUT2D eigenvalue weighted by Crippen LogP contribution is 2.29. The standard InChI is InChI=1S/C11H15NO6S3/c1-7-9(5-8(19-7)10(13)14)21(17,18)12-11(2)3-4-20(15,16)6-11/h5,12H,3-4,6H2,1-2H3,(H,13,14). The minimum Gasteiger partial charge on any atom is -0.477 e. The predicted molar refractivity (Wildman–Crippen MR) is 78.0 cm³/mol. The second-order valence-corrected chi connectivity index (χ2v) is 10.4. The SMILES string of the molecule is Cc1sc(C(=O)O)cc1S(=O)(=O)NC1(C)CCS(=O)(=O)C1. The fraction of sp³-hybridized carbons (Fsp3) is 0.545. The third kappa shape index (κ3) is 3.44. The molecule has 1 unspecified atom stereocenters. The van der Waals surface area contributed by atoms with E-state index in [2.05, 4.69) is 4.72 Å². The first-order chi connectivity index (χ1) is 9.44. The van der Waals surface area contributed by atoms with E-state index in [1.54, 1.807) is 0 Å². The normalized spacial score (nSPS) is 25.0. The Kier molecular flexibility index (Phi) is 3.94. The van der Waals surface area contributed by atoms with Crippen molar-refractivity contribution in [3.05, 3.63) is 15.8 Å². The molecule has 1 saturated heterocycles. The quantitative estimate of drug-likeness (QED) is 0.819. The van der Waals surface area contributed by atoms with Crippen LogP contribution in [0.25, 0.3) is 0 Å². The fourth-order valence-electron chi connectivity index (χ4n) is 2.31. The highest BCUT2D eigenvalue weighted by atomic mass is 32.2. The van der Waals surface area contributed by atoms with E-state index in [0.29, 0.717) is 4.88 Å². The molecular weight excluding hydrogens is 338 g/mol. The van der Waals surface area contributed by atoms with Gasteiger partial charge in [-0.3, -0.25) is 0 Å². The zero-order chi connectivity index (χ0) is 16.1. The molecule has 10 heteroatoms. The van der Waals surface area contributed by atoms with Crippen LogP contribution < -0.4 is 4.72 Å². The average molecular weight is 353 g/mol. The smallest absolute Gasteiger partial charge is 0.345 e. The Morgan fingerprint density at radius 1 is 1.48 bits per heavy atom. The van der Waals surface area contributed by atoms with Crippen LogP contribution in [0.1, 0.15) is 27.9 Å². The van der Waals surface area contributed by atoms with E-state index in [4.69, 9.17) is 5.11 Å². The first-order valence-electron chi connectivity index (χ1n) is 6.02. The maximum atomic E-state index is 12.4. The second kappa shape index (κ2) is 5.04. The summed E-state index contributed by atoms with van der Waals surface area (Å²) in [5, 5.41) is 8.91. The Bertz CT molecular complexity index is 792. The number of carbonyl (C=O) groups is 1. The summed E-state index contributed by atoms with van der Waals surface area (Å²) in [5.74, 6) is -1.51. The lowest BCUT2D eigenvalue weighted by Crippen LogP contribution is -2.46. The van der Waals surface area contributed by atoms with Crippen LogP contribution in [0, 0.1) is 6.92 Å². The zero-order valence-electron chi connectivity index (χ0n) is 11.4. The van der Waals surface area contributed by atoms with E-state index in [1.165, 1.54) is 13.8 Å². The highest BCUT2D eigenvalue weighted by molar-refractivity contribution is 7.92. The van der Waals surface area contributed by atoms with E-state index in [9.17, 15) is 21.6 Å². The largest absolute Gasteiger partial charge is 0.477 e. The van der Waals surface area contributed by atoms with Gasteiger partial charge in [-0.15, -0.1) is 11.3 Å². The van der Waals surface area contributed by atoms with E-state index in [1.807, 2.05) is 0 Å². The number of hydrogen-bond acceptors (Lipinski definition) is 6. The molecule has 0 aromatic carbocycles. The third-order valence-corrected chi connectivity index (χ3v) is 8.09. The number of thiophene rings is 1. The first-order valence-corrected chi connectivity index (χ1v) is 10.1. The average Bonchev–Trinajstić information content (AvgIpc) is 2.79. The van der Waals surface area contributed by atoms with Gasteiger partial charge < -0.3 is 5.11 Å². The molecule has 2 heterocycles. The van der Waals surface area contributed by atoms with Gasteiger partial charge in [-0.25, -0.2) is 26.4 Å². The summed E-state index contributed by atoms with van der Waals surface area (Å²) in [7, 11) is -7.21. The van der Waals surface area contributed by atoms with Gasteiger partial charge in [0.1, 0.15) is 4.88 Å². The predicted octanol–water partition coefficient (Wildman–Crippen LogP) is 0.610. The zero-order valence-corrected chi connectivity index (χ0v) is 13.9. The van der Waals surface area contributed by atoms with Crippen LogP contribution in [0.2, 0.25) is 0 Å². The number of sulfone groups is 1. The Balaban J connectivity index is 2.33. The number of carboxylic acids is 1. The lowest BCUT2D eigenvalue weighted by Gasteiger charge is -2.23. The van der Waals surface area contributed by atoms with Gasteiger partial charge in [-0.1, -0.05) is 0 Å². The Hall–Kier alpha value is -0.970. The minimum absolute atomic E-state index is 0.0605. The molecule has 0 radical (unpaired) electrons. The van der Waals surface area contributed by atoms with Crippen molar-refractivity contribution < 1.29 is 26.7 Å². The number of aryl methyl sites for hydroxylation is 1. The van der Waals surface area contributed by atoms with Gasteiger partial charge in [0, 0.05) is 10.4 Å². The van der Waals surface area contributed by atoms with Gasteiger partial charge in [0.2, 0.25) is 10.0 Å². The number of aromatic carboxylic acids is 1. The molecule has 1 aromatic rings. The number of carboxylic acid groups (broad SMARTS) is 1. The molecule has 1 aliphatic heterocycles. The summed E-state index contributed by atoms with van der Waals surface area (Å²) in [6.07, 6.45) is 0.198. The molecule has 118 valence electrons. The summed E-state index contributed by atoms with van der Waals surface area (Å²) in [5.41, 5.74) is -1.06. The molecule has 2 rings (SSSR count). The van der Waals surface area contributed by atoms with E-state index in [-0.39, 0.29) is 27.7 Å². The molecule has 1 fully saturated rings. The van der Waals surface area contributed by atoms with Crippen molar-refractivity contribution in [3.8, 4) is 0 Å². The van der Waals surface area contributed by atoms with Crippen molar-refractivity contribution in [2.75, 3.05) is 11.5 Å². The van der Waals surface area contributed by atoms with Gasteiger partial charge in [0.05, 0.1) is 16.4 Å². The topological polar surface area (TPSA) is 118 Å². The molecule has 0 bridgehead atoms. The summed E-state index contributed by atoms with van der Waals surface area (Å²) >= 11 is 0.869. The molecule has 7 nitrogen and oxygen atoms in total. The van der Waals surface area contributed by atoms with Crippen LogP contribution in [0.4, 0.5) is 0 Å². The molecule has 0 aliphatic carbocycles. The Labute approximate surface area is 127 Å². The molecule has 0 spiro atoms. The van der Waals surface area contributed by atoms with Gasteiger partial charge >= 0.3 is 5.97 Å². The van der Waals surface area contributed by atoms with Crippen molar-refractivity contribution in [1.82, 2.24) is 4.72 Å². The van der Waals surface area contributed by atoms with Gasteiger partial charge in [-0.05, 0) is 26.3 Å². The lowest BCUT2D eigenvalue weighted by molar-refractivity contribution is 0.0702. The van der Waals surface area contributed by atoms with Crippen LogP contribution in [-0.4, -0.2) is 45.0 Å². The van der Waals surface area contributed by atoms with Crippen LogP contribution in [0.15, 0.2) is 11.0 Å². The number of rotatable bonds is 4. The first kappa shape index (κ1) is 16.4. The van der Waals surface area contributed by atoms with Gasteiger partial charge in [0.25, 0.3) is 0 Å². The van der Waals surface area contributed by atoms with Crippen LogP contribution in [0.5, 0.6) is 0 Å². The highest BCUT2D eigenvalue weighted by Gasteiger charge is 2.42. The van der Waals surface area contributed by atoms with E-state index in [0.717, 1.165) is 17.4 Å². The lowest BCUT2D eigenvalue weighted by atomic mass is 10.0. The Morgan fingerprint density at radius 2 is 2.10 bits per heavy atom. The molecule has 1 atom stereocenters. The van der Waals surface area contributed by atoms with Gasteiger partial charge in [0.15, 0.2) is 9.84 Å². The molecule has 0 amide bonds. The van der Waals surface area contributed by atoms with Gasteiger partial charge in [-0.2, -0.15) is 0 Å². The molecule has 21 heavy (non-hydrogen) atoms. The van der Waals surface area contributed by atoms with E-state index < -0.39 is 31.4 Å². The maximum absolute atomic E-state index is 12.4. The monoisotopic (exact) mass is 353 g/mol. The maximum Gasteiger partial charge on any atom is 0.345 e. The van der Waals surface area contributed by atoms with E-state index >= 15 is 0 Å². The third-order valence-electron chi connectivity index (χ3n) is 3.26. The summed E-state index contributed by atoms with van der Waals surface area (Å²) in [6.45, 7) is 3.05. The molecule has 2 N–H and O–H groups in total. The number of nitrogens with one attached hydrogen (secondary N) is 1.